The number of carbonyl (C=O) groups is 1. The maximum atomic E-state index is 12.0. The lowest BCUT2D eigenvalue weighted by molar-refractivity contribution is -0.0287. The molecule has 0 bridgehead atoms. The highest BCUT2D eigenvalue weighted by atomic mass is 35.5. The molecule has 6 nitrogen and oxygen atoms in total. The Labute approximate surface area is 172 Å². The predicted molar refractivity (Wildman–Crippen MR) is 109 cm³/mol. The molecule has 1 aliphatic rings. The number of thiazole rings is 1. The Balaban J connectivity index is 1.41. The van der Waals surface area contributed by atoms with Crippen LogP contribution in [0.4, 0.5) is 4.79 Å². The molecule has 0 radical (unpaired) electrons. The van der Waals surface area contributed by atoms with Crippen LogP contribution in [0.2, 0.25) is 10.0 Å². The summed E-state index contributed by atoms with van der Waals surface area (Å²) in [7, 11) is 0. The van der Waals surface area contributed by atoms with E-state index >= 15 is 0 Å². The summed E-state index contributed by atoms with van der Waals surface area (Å²) in [6, 6.07) is 5.46. The number of nitrogens with zero attached hydrogens (tertiary/aromatic N) is 2. The number of ether oxygens (including phenoxy) is 1. The summed E-state index contributed by atoms with van der Waals surface area (Å²) in [5.41, 5.74) is 2.07. The lowest BCUT2D eigenvalue weighted by Gasteiger charge is -2.33. The maximum Gasteiger partial charge on any atom is 0.315 e. The highest BCUT2D eigenvalue weighted by Crippen LogP contribution is 2.23. The van der Waals surface area contributed by atoms with Crippen molar-refractivity contribution in [2.45, 2.75) is 26.1 Å². The molecule has 9 heteroatoms. The fourth-order valence-corrected chi connectivity index (χ4v) is 3.88. The van der Waals surface area contributed by atoms with Crippen LogP contribution in [0.3, 0.4) is 0 Å². The second kappa shape index (κ2) is 9.71. The second-order valence-electron chi connectivity index (χ2n) is 6.42. The van der Waals surface area contributed by atoms with Gasteiger partial charge in [-0.25, -0.2) is 9.78 Å². The molecule has 1 atom stereocenters. The van der Waals surface area contributed by atoms with Crippen LogP contribution in [0.1, 0.15) is 16.3 Å². The van der Waals surface area contributed by atoms with Gasteiger partial charge in [-0.1, -0.05) is 29.3 Å². The number of urea groups is 1. The molecule has 1 fully saturated rings. The molecule has 2 N–H and O–H groups in total. The smallest absolute Gasteiger partial charge is 0.315 e. The van der Waals surface area contributed by atoms with Crippen LogP contribution in [0.25, 0.3) is 0 Å². The van der Waals surface area contributed by atoms with Crippen LogP contribution in [0.15, 0.2) is 23.6 Å². The lowest BCUT2D eigenvalue weighted by Crippen LogP contribution is -2.48. The topological polar surface area (TPSA) is 66.5 Å². The Morgan fingerprint density at radius 3 is 2.96 bits per heavy atom. The third-order valence-electron chi connectivity index (χ3n) is 4.17. The summed E-state index contributed by atoms with van der Waals surface area (Å²) in [4.78, 5) is 18.6. The number of halogens is 2. The number of amides is 2. The highest BCUT2D eigenvalue weighted by molar-refractivity contribution is 7.09. The Morgan fingerprint density at radius 2 is 2.22 bits per heavy atom. The van der Waals surface area contributed by atoms with Crippen molar-refractivity contribution >= 4 is 40.6 Å². The molecule has 1 unspecified atom stereocenters. The van der Waals surface area contributed by atoms with Gasteiger partial charge in [-0.3, -0.25) is 4.90 Å². The fraction of sp³-hybridized carbons (Fsp3) is 0.444. The fourth-order valence-electron chi connectivity index (χ4n) is 2.85. The van der Waals surface area contributed by atoms with E-state index in [1.807, 2.05) is 30.5 Å². The minimum atomic E-state index is -0.215. The summed E-state index contributed by atoms with van der Waals surface area (Å²) < 4.78 is 5.76. The van der Waals surface area contributed by atoms with Crippen LogP contribution < -0.4 is 10.6 Å². The molecule has 0 spiro atoms. The third-order valence-corrected chi connectivity index (χ3v) is 5.88. The number of aromatic nitrogens is 1. The van der Waals surface area contributed by atoms with Gasteiger partial charge in [-0.15, -0.1) is 11.3 Å². The molecule has 27 heavy (non-hydrogen) atoms. The van der Waals surface area contributed by atoms with Crippen molar-refractivity contribution < 1.29 is 9.53 Å². The van der Waals surface area contributed by atoms with Gasteiger partial charge in [0.1, 0.15) is 5.01 Å². The molecule has 3 rings (SSSR count). The molecular formula is C18H22Cl2N4O2S. The van der Waals surface area contributed by atoms with Gasteiger partial charge in [0.05, 0.1) is 29.3 Å². The maximum absolute atomic E-state index is 12.0. The molecule has 1 aliphatic heterocycles. The van der Waals surface area contributed by atoms with Gasteiger partial charge in [-0.05, 0) is 24.6 Å². The van der Waals surface area contributed by atoms with E-state index in [0.717, 1.165) is 35.9 Å². The third kappa shape index (κ3) is 6.33. The molecule has 2 heterocycles. The molecule has 2 amide bonds. The number of carbonyl (C=O) groups excluding carboxylic acids is 1. The second-order valence-corrected chi connectivity index (χ2v) is 8.18. The number of benzene rings is 1. The van der Waals surface area contributed by atoms with Gasteiger partial charge in [-0.2, -0.15) is 0 Å². The number of nitrogens with one attached hydrogen (secondary N) is 2. The molecule has 2 aromatic rings. The molecule has 0 saturated carbocycles. The number of hydrogen-bond acceptors (Lipinski definition) is 5. The first-order valence-corrected chi connectivity index (χ1v) is 10.3. The number of morpholine rings is 1. The zero-order valence-corrected chi connectivity index (χ0v) is 17.3. The summed E-state index contributed by atoms with van der Waals surface area (Å²) in [5.74, 6) is 0. The molecule has 1 aromatic carbocycles. The molecular weight excluding hydrogens is 407 g/mol. The zero-order chi connectivity index (χ0) is 19.2. The van der Waals surface area contributed by atoms with E-state index in [2.05, 4.69) is 20.5 Å². The molecule has 1 saturated heterocycles. The normalized spacial score (nSPS) is 17.7. The van der Waals surface area contributed by atoms with Gasteiger partial charge >= 0.3 is 6.03 Å². The molecule has 146 valence electrons. The van der Waals surface area contributed by atoms with Crippen molar-refractivity contribution in [1.82, 2.24) is 20.5 Å². The Hall–Kier alpha value is -1.38. The first kappa shape index (κ1) is 20.4. The standard InChI is InChI=1S/C18H22Cl2N4O2S/c1-12-11-27-17(23-12)8-22-18(25)21-7-14-10-24(4-5-26-14)9-13-2-3-15(19)16(20)6-13/h2-3,6,11,14H,4-5,7-10H2,1H3,(H2,21,22,25). The van der Waals surface area contributed by atoms with Gasteiger partial charge in [0.25, 0.3) is 0 Å². The van der Waals surface area contributed by atoms with Gasteiger partial charge < -0.3 is 15.4 Å². The van der Waals surface area contributed by atoms with Crippen molar-refractivity contribution in [3.63, 3.8) is 0 Å². The summed E-state index contributed by atoms with van der Waals surface area (Å²) in [6.45, 7) is 5.81. The van der Waals surface area contributed by atoms with E-state index in [1.54, 1.807) is 0 Å². The average molecular weight is 429 g/mol. The van der Waals surface area contributed by atoms with Crippen LogP contribution >= 0.6 is 34.5 Å². The van der Waals surface area contributed by atoms with E-state index < -0.39 is 0 Å². The van der Waals surface area contributed by atoms with Gasteiger partial charge in [0.15, 0.2) is 0 Å². The minimum absolute atomic E-state index is 0.0469. The number of hydrogen-bond donors (Lipinski definition) is 2. The van der Waals surface area contributed by atoms with Crippen molar-refractivity contribution in [3.8, 4) is 0 Å². The molecule has 1 aromatic heterocycles. The van der Waals surface area contributed by atoms with Crippen molar-refractivity contribution in [3.05, 3.63) is 49.9 Å². The van der Waals surface area contributed by atoms with E-state index in [4.69, 9.17) is 27.9 Å². The minimum Gasteiger partial charge on any atom is -0.374 e. The number of rotatable bonds is 6. The Bertz CT molecular complexity index is 786. The Morgan fingerprint density at radius 1 is 1.37 bits per heavy atom. The highest BCUT2D eigenvalue weighted by Gasteiger charge is 2.21. The first-order chi connectivity index (χ1) is 13.0. The summed E-state index contributed by atoms with van der Waals surface area (Å²) in [5, 5.41) is 9.66. The number of aryl methyl sites for hydroxylation is 1. The van der Waals surface area contributed by atoms with E-state index in [1.165, 1.54) is 11.3 Å². The molecule has 0 aliphatic carbocycles. The van der Waals surface area contributed by atoms with E-state index in [9.17, 15) is 4.79 Å². The predicted octanol–water partition coefficient (Wildman–Crippen LogP) is 3.46. The monoisotopic (exact) mass is 428 g/mol. The first-order valence-electron chi connectivity index (χ1n) is 8.70. The SMILES string of the molecule is Cc1csc(CNC(=O)NCC2CN(Cc3ccc(Cl)c(Cl)c3)CCO2)n1. The van der Waals surface area contributed by atoms with E-state index in [-0.39, 0.29) is 12.1 Å². The summed E-state index contributed by atoms with van der Waals surface area (Å²) >= 11 is 13.6. The van der Waals surface area contributed by atoms with E-state index in [0.29, 0.717) is 29.7 Å². The van der Waals surface area contributed by atoms with Gasteiger partial charge in [0, 0.05) is 37.3 Å². The largest absolute Gasteiger partial charge is 0.374 e. The zero-order valence-electron chi connectivity index (χ0n) is 15.0. The van der Waals surface area contributed by atoms with Crippen molar-refractivity contribution in [2.24, 2.45) is 0 Å². The lowest BCUT2D eigenvalue weighted by atomic mass is 10.2. The van der Waals surface area contributed by atoms with Crippen LogP contribution in [-0.2, 0) is 17.8 Å². The summed E-state index contributed by atoms with van der Waals surface area (Å²) in [6.07, 6.45) is -0.0469. The average Bonchev–Trinajstić information content (AvgIpc) is 3.07. The van der Waals surface area contributed by atoms with Crippen LogP contribution in [0, 0.1) is 6.92 Å². The van der Waals surface area contributed by atoms with Crippen molar-refractivity contribution in [2.75, 3.05) is 26.2 Å². The van der Waals surface area contributed by atoms with Crippen molar-refractivity contribution in [1.29, 1.82) is 0 Å². The Kier molecular flexibility index (Phi) is 7.32. The van der Waals surface area contributed by atoms with Crippen LogP contribution in [0.5, 0.6) is 0 Å². The quantitative estimate of drug-likeness (QED) is 0.738. The van der Waals surface area contributed by atoms with Gasteiger partial charge in [0.2, 0.25) is 0 Å². The van der Waals surface area contributed by atoms with Crippen LogP contribution in [-0.4, -0.2) is 48.3 Å².